The first-order valence-electron chi connectivity index (χ1n) is 10.4. The number of carbonyl (C=O) groups excluding carboxylic acids is 4. The lowest BCUT2D eigenvalue weighted by Crippen LogP contribution is -2.43. The maximum atomic E-state index is 12.5. The van der Waals surface area contributed by atoms with Gasteiger partial charge in [0.2, 0.25) is 0 Å². The summed E-state index contributed by atoms with van der Waals surface area (Å²) in [5.74, 6) is -1.96. The molecule has 0 heterocycles. The van der Waals surface area contributed by atoms with Crippen LogP contribution in [0.5, 0.6) is 0 Å². The summed E-state index contributed by atoms with van der Waals surface area (Å²) < 4.78 is 9.77. The molecule has 2 amide bonds. The summed E-state index contributed by atoms with van der Waals surface area (Å²) in [6, 6.07) is 11.9. The Morgan fingerprint density at radius 3 is 2.12 bits per heavy atom. The van der Waals surface area contributed by atoms with E-state index in [9.17, 15) is 19.2 Å². The van der Waals surface area contributed by atoms with Gasteiger partial charge in [-0.1, -0.05) is 37.6 Å². The third-order valence-electron chi connectivity index (χ3n) is 4.61. The van der Waals surface area contributed by atoms with E-state index in [4.69, 9.17) is 16.3 Å². The van der Waals surface area contributed by atoms with Crippen LogP contribution in [0.4, 0.5) is 0 Å². The van der Waals surface area contributed by atoms with Crippen LogP contribution in [0, 0.1) is 5.92 Å². The molecule has 0 aromatic heterocycles. The molecular formula is C24H27ClN2O6. The summed E-state index contributed by atoms with van der Waals surface area (Å²) in [7, 11) is 1.30. The second-order valence-corrected chi connectivity index (χ2v) is 8.17. The maximum Gasteiger partial charge on any atom is 0.337 e. The maximum absolute atomic E-state index is 12.5. The lowest BCUT2D eigenvalue weighted by molar-refractivity contribution is -0.150. The Morgan fingerprint density at radius 2 is 1.55 bits per heavy atom. The zero-order valence-electron chi connectivity index (χ0n) is 18.7. The summed E-state index contributed by atoms with van der Waals surface area (Å²) in [6.45, 7) is 3.53. The molecule has 176 valence electrons. The zero-order valence-corrected chi connectivity index (χ0v) is 19.5. The first-order chi connectivity index (χ1) is 15.7. The molecule has 2 rings (SSSR count). The van der Waals surface area contributed by atoms with Crippen LogP contribution in [-0.2, 0) is 25.6 Å². The molecule has 2 N–H and O–H groups in total. The molecule has 0 bridgehead atoms. The van der Waals surface area contributed by atoms with Crippen molar-refractivity contribution in [1.29, 1.82) is 0 Å². The van der Waals surface area contributed by atoms with E-state index >= 15 is 0 Å². The zero-order chi connectivity index (χ0) is 24.4. The van der Waals surface area contributed by atoms with Gasteiger partial charge in [0.25, 0.3) is 11.8 Å². The van der Waals surface area contributed by atoms with Crippen molar-refractivity contribution in [1.82, 2.24) is 10.6 Å². The van der Waals surface area contributed by atoms with Crippen LogP contribution in [0.25, 0.3) is 0 Å². The van der Waals surface area contributed by atoms with Crippen molar-refractivity contribution in [3.63, 3.8) is 0 Å². The Balaban J connectivity index is 1.86. The number of hydrogen-bond donors (Lipinski definition) is 2. The Bertz CT molecular complexity index is 973. The summed E-state index contributed by atoms with van der Waals surface area (Å²) in [4.78, 5) is 48.5. The normalized spacial score (nSPS) is 11.4. The molecule has 2 aromatic rings. The fraction of sp³-hybridized carbons (Fsp3) is 0.333. The first kappa shape index (κ1) is 25.9. The number of esters is 2. The highest BCUT2D eigenvalue weighted by Gasteiger charge is 2.24. The minimum atomic E-state index is -0.896. The monoisotopic (exact) mass is 474 g/mol. The molecule has 0 saturated heterocycles. The van der Waals surface area contributed by atoms with Gasteiger partial charge in [-0.2, -0.15) is 0 Å². The third-order valence-corrected chi connectivity index (χ3v) is 4.87. The van der Waals surface area contributed by atoms with E-state index in [1.807, 2.05) is 13.8 Å². The Labute approximate surface area is 197 Å². The van der Waals surface area contributed by atoms with E-state index in [-0.39, 0.29) is 12.5 Å². The van der Waals surface area contributed by atoms with Crippen LogP contribution in [-0.4, -0.2) is 43.5 Å². The summed E-state index contributed by atoms with van der Waals surface area (Å²) >= 11 is 5.84. The van der Waals surface area contributed by atoms with Crippen molar-refractivity contribution < 1.29 is 28.7 Å². The molecular weight excluding hydrogens is 448 g/mol. The van der Waals surface area contributed by atoms with Gasteiger partial charge >= 0.3 is 11.9 Å². The lowest BCUT2D eigenvalue weighted by Gasteiger charge is -2.19. The number of carbonyl (C=O) groups is 4. The third kappa shape index (κ3) is 8.57. The van der Waals surface area contributed by atoms with Crippen LogP contribution in [0.3, 0.4) is 0 Å². The topological polar surface area (TPSA) is 111 Å². The fourth-order valence-corrected chi connectivity index (χ4v) is 3.02. The molecule has 33 heavy (non-hydrogen) atoms. The lowest BCUT2D eigenvalue weighted by atomic mass is 10.0. The Kier molecular flexibility index (Phi) is 9.87. The van der Waals surface area contributed by atoms with Crippen LogP contribution in [0.2, 0.25) is 5.02 Å². The predicted molar refractivity (Wildman–Crippen MR) is 123 cm³/mol. The highest BCUT2D eigenvalue weighted by Crippen LogP contribution is 2.12. The van der Waals surface area contributed by atoms with Gasteiger partial charge in [-0.05, 0) is 54.3 Å². The molecule has 0 aliphatic heterocycles. The minimum absolute atomic E-state index is 0.106. The van der Waals surface area contributed by atoms with Gasteiger partial charge in [-0.15, -0.1) is 0 Å². The van der Waals surface area contributed by atoms with Crippen molar-refractivity contribution in [2.75, 3.05) is 13.7 Å². The highest BCUT2D eigenvalue weighted by molar-refractivity contribution is 6.30. The molecule has 0 aliphatic carbocycles. The molecule has 0 fully saturated rings. The molecule has 0 spiro atoms. The summed E-state index contributed by atoms with van der Waals surface area (Å²) in [5, 5.41) is 5.79. The SMILES string of the molecule is COC(=O)c1ccc(CNC(=O)COC(=O)C(CC(C)C)NC(=O)c2ccc(Cl)cc2)cc1. The number of amides is 2. The van der Waals surface area contributed by atoms with Gasteiger partial charge in [-0.3, -0.25) is 9.59 Å². The van der Waals surface area contributed by atoms with E-state index in [0.29, 0.717) is 22.6 Å². The smallest absolute Gasteiger partial charge is 0.337 e. The molecule has 8 nitrogen and oxygen atoms in total. The number of nitrogens with one attached hydrogen (secondary N) is 2. The number of hydrogen-bond acceptors (Lipinski definition) is 6. The van der Waals surface area contributed by atoms with Crippen molar-refractivity contribution in [3.05, 3.63) is 70.2 Å². The standard InChI is InChI=1S/C24H27ClN2O6/c1-15(2)12-20(27-22(29)17-8-10-19(25)11-9-17)24(31)33-14-21(28)26-13-16-4-6-18(7-5-16)23(30)32-3/h4-11,15,20H,12-14H2,1-3H3,(H,26,28)(H,27,29). The summed E-state index contributed by atoms with van der Waals surface area (Å²) in [5.41, 5.74) is 1.52. The Morgan fingerprint density at radius 1 is 0.939 bits per heavy atom. The van der Waals surface area contributed by atoms with Crippen molar-refractivity contribution >= 4 is 35.4 Å². The number of rotatable bonds is 10. The second-order valence-electron chi connectivity index (χ2n) is 7.74. The van der Waals surface area contributed by atoms with Crippen LogP contribution in [0.15, 0.2) is 48.5 Å². The molecule has 1 unspecified atom stereocenters. The fourth-order valence-electron chi connectivity index (χ4n) is 2.89. The largest absolute Gasteiger partial charge is 0.465 e. The van der Waals surface area contributed by atoms with Gasteiger partial charge in [0, 0.05) is 17.1 Å². The van der Waals surface area contributed by atoms with E-state index < -0.39 is 36.4 Å². The first-order valence-corrected chi connectivity index (χ1v) is 10.7. The molecule has 0 saturated carbocycles. The number of halogens is 1. The van der Waals surface area contributed by atoms with Gasteiger partial charge in [0.15, 0.2) is 6.61 Å². The molecule has 0 radical (unpaired) electrons. The van der Waals surface area contributed by atoms with Gasteiger partial charge in [0.1, 0.15) is 6.04 Å². The molecule has 2 aromatic carbocycles. The van der Waals surface area contributed by atoms with E-state index in [0.717, 1.165) is 5.56 Å². The van der Waals surface area contributed by atoms with Crippen molar-refractivity contribution in [2.24, 2.45) is 5.92 Å². The molecule has 9 heteroatoms. The van der Waals surface area contributed by atoms with Crippen LogP contribution in [0.1, 0.15) is 46.5 Å². The van der Waals surface area contributed by atoms with Crippen LogP contribution < -0.4 is 10.6 Å². The average molecular weight is 475 g/mol. The summed E-state index contributed by atoms with van der Waals surface area (Å²) in [6.07, 6.45) is 0.353. The molecule has 0 aliphatic rings. The quantitative estimate of drug-likeness (QED) is 0.512. The highest BCUT2D eigenvalue weighted by atomic mass is 35.5. The number of benzene rings is 2. The van der Waals surface area contributed by atoms with E-state index in [1.54, 1.807) is 48.5 Å². The van der Waals surface area contributed by atoms with Crippen LogP contribution >= 0.6 is 11.6 Å². The van der Waals surface area contributed by atoms with E-state index in [1.165, 1.54) is 7.11 Å². The molecule has 1 atom stereocenters. The van der Waals surface area contributed by atoms with Gasteiger partial charge in [-0.25, -0.2) is 9.59 Å². The average Bonchev–Trinajstić information content (AvgIpc) is 2.80. The minimum Gasteiger partial charge on any atom is -0.465 e. The van der Waals surface area contributed by atoms with Gasteiger partial charge < -0.3 is 20.1 Å². The van der Waals surface area contributed by atoms with E-state index in [2.05, 4.69) is 15.4 Å². The second kappa shape index (κ2) is 12.6. The predicted octanol–water partition coefficient (Wildman–Crippen LogP) is 3.13. The number of ether oxygens (including phenoxy) is 2. The van der Waals surface area contributed by atoms with Crippen molar-refractivity contribution in [2.45, 2.75) is 32.9 Å². The van der Waals surface area contributed by atoms with Gasteiger partial charge in [0.05, 0.1) is 12.7 Å². The van der Waals surface area contributed by atoms with Crippen molar-refractivity contribution in [3.8, 4) is 0 Å². The number of methoxy groups -OCH3 is 1. The Hall–Kier alpha value is -3.39.